The molecule has 0 spiro atoms. The minimum Gasteiger partial charge on any atom is -0.406 e. The molecule has 1 N–H and O–H groups in total. The molecule has 0 bridgehead atoms. The summed E-state index contributed by atoms with van der Waals surface area (Å²) in [7, 11) is 0. The Labute approximate surface area is 247 Å². The molecule has 1 aromatic carbocycles. The van der Waals surface area contributed by atoms with E-state index in [2.05, 4.69) is 20.1 Å². The number of nitrogens with one attached hydrogen (secondary N) is 1. The maximum atomic E-state index is 13.2. The van der Waals surface area contributed by atoms with E-state index in [4.69, 9.17) is 25.8 Å². The lowest BCUT2D eigenvalue weighted by Gasteiger charge is -2.40. The molecule has 230 valence electrons. The molecule has 0 unspecified atom stereocenters. The smallest absolute Gasteiger partial charge is 0.406 e. The molecule has 0 radical (unpaired) electrons. The van der Waals surface area contributed by atoms with Gasteiger partial charge in [0.05, 0.1) is 50.5 Å². The zero-order chi connectivity index (χ0) is 29.3. The van der Waals surface area contributed by atoms with Crippen LogP contribution in [0.5, 0.6) is 5.75 Å². The van der Waals surface area contributed by atoms with E-state index in [1.165, 1.54) is 23.2 Å². The summed E-state index contributed by atoms with van der Waals surface area (Å²) in [4.78, 5) is 15.4. The van der Waals surface area contributed by atoms with Crippen LogP contribution in [0.2, 0.25) is 5.02 Å². The van der Waals surface area contributed by atoms with Crippen molar-refractivity contribution in [2.45, 2.75) is 56.7 Å². The standard InChI is InChI=1S/C29H36ClF3N4O5/c30-27-26(34-12-19-16-40-15-18-11-25(18)19)13-35-37(28(27)38)22-3-1-20(2-4-22)36(14-24-17-39-9-10-41-24)21-5-7-23(8-6-21)42-29(31,32)33/h5-8,13,18-20,22,24-25,34H,1-4,9-12,14-17H2/t18-,19+,20?,22?,24+,25-/m0/s1. The molecular formula is C29H36ClF3N4O5. The van der Waals surface area contributed by atoms with Crippen LogP contribution >= 0.6 is 11.6 Å². The molecule has 2 aliphatic heterocycles. The quantitative estimate of drug-likeness (QED) is 0.428. The number of halogens is 4. The van der Waals surface area contributed by atoms with Gasteiger partial charge in [0.25, 0.3) is 5.56 Å². The van der Waals surface area contributed by atoms with Crippen molar-refractivity contribution in [1.29, 1.82) is 0 Å². The number of alkyl halides is 3. The number of hydrogen-bond donors (Lipinski definition) is 1. The Morgan fingerprint density at radius 2 is 1.86 bits per heavy atom. The van der Waals surface area contributed by atoms with Gasteiger partial charge in [-0.15, -0.1) is 13.2 Å². The van der Waals surface area contributed by atoms with E-state index < -0.39 is 6.36 Å². The Kier molecular flexibility index (Phi) is 8.85. The normalized spacial score (nSPS) is 29.4. The lowest BCUT2D eigenvalue weighted by Crippen LogP contribution is -2.46. The summed E-state index contributed by atoms with van der Waals surface area (Å²) in [6, 6.07) is 5.92. The number of hydrogen-bond acceptors (Lipinski definition) is 8. The lowest BCUT2D eigenvalue weighted by molar-refractivity contribution is -0.274. The van der Waals surface area contributed by atoms with Gasteiger partial charge in [0.1, 0.15) is 10.8 Å². The monoisotopic (exact) mass is 612 g/mol. The number of ether oxygens (including phenoxy) is 4. The SMILES string of the molecule is O=c1c(Cl)c(NC[C@@H]2COC[C@@H]3C[C@H]23)cnn1C1CCC(N(C[C@@H]2COCCO2)c2ccc(OC(F)(F)F)cc2)CC1. The summed E-state index contributed by atoms with van der Waals surface area (Å²) in [6.07, 6.45) is 0.871. The van der Waals surface area contributed by atoms with Crippen molar-refractivity contribution < 1.29 is 32.1 Å². The molecular weight excluding hydrogens is 577 g/mol. The van der Waals surface area contributed by atoms with Crippen LogP contribution in [-0.2, 0) is 14.2 Å². The molecule has 9 nitrogen and oxygen atoms in total. The van der Waals surface area contributed by atoms with Crippen molar-refractivity contribution in [3.05, 3.63) is 45.8 Å². The van der Waals surface area contributed by atoms with Gasteiger partial charge < -0.3 is 29.2 Å². The van der Waals surface area contributed by atoms with Crippen LogP contribution in [0.15, 0.2) is 35.3 Å². The van der Waals surface area contributed by atoms with E-state index in [1.54, 1.807) is 18.3 Å². The molecule has 3 heterocycles. The van der Waals surface area contributed by atoms with Crippen LogP contribution < -0.4 is 20.5 Å². The Morgan fingerprint density at radius 1 is 1.07 bits per heavy atom. The summed E-state index contributed by atoms with van der Waals surface area (Å²) in [5.74, 6) is 1.51. The Balaban J connectivity index is 1.10. The van der Waals surface area contributed by atoms with Crippen molar-refractivity contribution in [1.82, 2.24) is 9.78 Å². The van der Waals surface area contributed by atoms with Gasteiger partial charge in [-0.2, -0.15) is 5.10 Å². The molecule has 2 saturated carbocycles. The highest BCUT2D eigenvalue weighted by Crippen LogP contribution is 2.47. The molecule has 13 heteroatoms. The van der Waals surface area contributed by atoms with Crippen LogP contribution in [0.25, 0.3) is 0 Å². The van der Waals surface area contributed by atoms with Crippen LogP contribution in [0.3, 0.4) is 0 Å². The first-order chi connectivity index (χ1) is 20.2. The summed E-state index contributed by atoms with van der Waals surface area (Å²) < 4.78 is 60.7. The van der Waals surface area contributed by atoms with Crippen molar-refractivity contribution >= 4 is 23.0 Å². The van der Waals surface area contributed by atoms with E-state index in [9.17, 15) is 18.0 Å². The molecule has 4 aliphatic rings. The van der Waals surface area contributed by atoms with Crippen LogP contribution in [0.1, 0.15) is 38.1 Å². The molecule has 2 aromatic rings. The highest BCUT2D eigenvalue weighted by atomic mass is 35.5. The summed E-state index contributed by atoms with van der Waals surface area (Å²) in [5, 5.41) is 7.95. The van der Waals surface area contributed by atoms with E-state index in [-0.39, 0.29) is 34.5 Å². The molecule has 4 atom stereocenters. The molecule has 1 aromatic heterocycles. The Morgan fingerprint density at radius 3 is 2.57 bits per heavy atom. The van der Waals surface area contributed by atoms with Gasteiger partial charge in [0.2, 0.25) is 0 Å². The van der Waals surface area contributed by atoms with Gasteiger partial charge in [-0.3, -0.25) is 4.79 Å². The Bertz CT molecular complexity index is 1270. The maximum Gasteiger partial charge on any atom is 0.573 e. The van der Waals surface area contributed by atoms with E-state index >= 15 is 0 Å². The Hall–Kier alpha value is -2.54. The average molecular weight is 613 g/mol. The maximum absolute atomic E-state index is 13.2. The predicted octanol–water partition coefficient (Wildman–Crippen LogP) is 4.90. The number of aromatic nitrogens is 2. The third-order valence-corrected chi connectivity index (χ3v) is 9.25. The summed E-state index contributed by atoms with van der Waals surface area (Å²) >= 11 is 6.52. The molecule has 42 heavy (non-hydrogen) atoms. The highest BCUT2D eigenvalue weighted by molar-refractivity contribution is 6.32. The van der Waals surface area contributed by atoms with Gasteiger partial charge in [-0.25, -0.2) is 4.68 Å². The molecule has 2 aliphatic carbocycles. The second-order valence-electron chi connectivity index (χ2n) is 11.7. The van der Waals surface area contributed by atoms with E-state index in [0.717, 1.165) is 31.7 Å². The van der Waals surface area contributed by atoms with Crippen molar-refractivity contribution in [2.75, 3.05) is 56.3 Å². The van der Waals surface area contributed by atoms with Gasteiger partial charge >= 0.3 is 6.36 Å². The molecule has 2 saturated heterocycles. The molecule has 0 amide bonds. The van der Waals surface area contributed by atoms with Gasteiger partial charge in [0, 0.05) is 37.3 Å². The van der Waals surface area contributed by atoms with Gasteiger partial charge in [-0.05, 0) is 68.2 Å². The van der Waals surface area contributed by atoms with E-state index in [0.29, 0.717) is 69.2 Å². The zero-order valence-corrected chi connectivity index (χ0v) is 24.0. The highest BCUT2D eigenvalue weighted by Gasteiger charge is 2.45. The minimum atomic E-state index is -4.75. The van der Waals surface area contributed by atoms with Gasteiger partial charge in [0.15, 0.2) is 0 Å². The summed E-state index contributed by atoms with van der Waals surface area (Å²) in [5.41, 5.74) is 1.02. The molecule has 4 fully saturated rings. The van der Waals surface area contributed by atoms with Crippen LogP contribution in [0, 0.1) is 17.8 Å². The first kappa shape index (κ1) is 29.5. The predicted molar refractivity (Wildman–Crippen MR) is 150 cm³/mol. The van der Waals surface area contributed by atoms with Gasteiger partial charge in [-0.1, -0.05) is 11.6 Å². The largest absolute Gasteiger partial charge is 0.573 e. The topological polar surface area (TPSA) is 87.1 Å². The first-order valence-corrected chi connectivity index (χ1v) is 15.0. The fourth-order valence-electron chi connectivity index (χ4n) is 6.59. The number of benzene rings is 1. The van der Waals surface area contributed by atoms with E-state index in [1.807, 2.05) is 0 Å². The second-order valence-corrected chi connectivity index (χ2v) is 12.1. The third-order valence-electron chi connectivity index (χ3n) is 8.89. The molecule has 6 rings (SSSR count). The fourth-order valence-corrected chi connectivity index (χ4v) is 6.80. The number of nitrogens with zero attached hydrogens (tertiary/aromatic N) is 3. The minimum absolute atomic E-state index is 0.0947. The second kappa shape index (κ2) is 12.6. The average Bonchev–Trinajstić information content (AvgIpc) is 3.78. The summed E-state index contributed by atoms with van der Waals surface area (Å²) in [6.45, 7) is 4.31. The zero-order valence-electron chi connectivity index (χ0n) is 23.2. The lowest BCUT2D eigenvalue weighted by atomic mass is 9.89. The first-order valence-electron chi connectivity index (χ1n) is 14.7. The number of anilines is 2. The van der Waals surface area contributed by atoms with Crippen LogP contribution in [-0.4, -0.2) is 74.4 Å². The van der Waals surface area contributed by atoms with Crippen LogP contribution in [0.4, 0.5) is 24.5 Å². The number of fused-ring (bicyclic) bond motifs is 1. The van der Waals surface area contributed by atoms with Crippen molar-refractivity contribution in [3.63, 3.8) is 0 Å². The van der Waals surface area contributed by atoms with Crippen molar-refractivity contribution in [2.24, 2.45) is 17.8 Å². The number of rotatable bonds is 9. The van der Waals surface area contributed by atoms with Crippen molar-refractivity contribution in [3.8, 4) is 5.75 Å². The fraction of sp³-hybridized carbons (Fsp3) is 0.655. The third kappa shape index (κ3) is 6.98.